The van der Waals surface area contributed by atoms with Crippen molar-refractivity contribution < 1.29 is 9.66 Å². The third kappa shape index (κ3) is 2.93. The molecular formula is C17H12N2O3. The van der Waals surface area contributed by atoms with E-state index in [9.17, 15) is 10.1 Å². The van der Waals surface area contributed by atoms with Gasteiger partial charge in [-0.1, -0.05) is 36.4 Å². The molecule has 0 aliphatic rings. The highest BCUT2D eigenvalue weighted by Crippen LogP contribution is 2.33. The fourth-order valence-electron chi connectivity index (χ4n) is 2.10. The molecule has 22 heavy (non-hydrogen) atoms. The second kappa shape index (κ2) is 6.05. The van der Waals surface area contributed by atoms with Crippen LogP contribution in [0.2, 0.25) is 0 Å². The molecule has 3 aromatic rings. The molecule has 0 spiro atoms. The number of ether oxygens (including phenoxy) is 1. The number of hydrogen-bond donors (Lipinski definition) is 0. The van der Waals surface area contributed by atoms with Crippen LogP contribution in [0.4, 0.5) is 5.69 Å². The molecule has 0 aliphatic heterocycles. The molecule has 0 unspecified atom stereocenters. The standard InChI is InChI=1S/C17H12N2O3/c20-19(21)14-7-5-6-13(12-14)15-8-1-2-9-16(15)22-17-10-3-4-11-18-17/h1-12H. The van der Waals surface area contributed by atoms with Crippen LogP contribution in [-0.4, -0.2) is 9.91 Å². The van der Waals surface area contributed by atoms with E-state index in [1.54, 1.807) is 24.4 Å². The molecule has 0 N–H and O–H groups in total. The van der Waals surface area contributed by atoms with Gasteiger partial charge in [-0.3, -0.25) is 10.1 Å². The third-order valence-electron chi connectivity index (χ3n) is 3.11. The van der Waals surface area contributed by atoms with Crippen LogP contribution < -0.4 is 4.74 Å². The molecule has 0 aliphatic carbocycles. The van der Waals surface area contributed by atoms with Gasteiger partial charge in [-0.05, 0) is 17.7 Å². The van der Waals surface area contributed by atoms with Crippen LogP contribution in [0.25, 0.3) is 11.1 Å². The zero-order chi connectivity index (χ0) is 15.4. The Kier molecular flexibility index (Phi) is 3.78. The summed E-state index contributed by atoms with van der Waals surface area (Å²) in [7, 11) is 0. The van der Waals surface area contributed by atoms with Crippen molar-refractivity contribution in [1.82, 2.24) is 4.98 Å². The lowest BCUT2D eigenvalue weighted by atomic mass is 10.0. The number of nitro benzene ring substituents is 1. The minimum atomic E-state index is -0.411. The Labute approximate surface area is 127 Å². The predicted octanol–water partition coefficient (Wildman–Crippen LogP) is 4.45. The van der Waals surface area contributed by atoms with Gasteiger partial charge >= 0.3 is 0 Å². The van der Waals surface area contributed by atoms with Crippen LogP contribution in [0.3, 0.4) is 0 Å². The Balaban J connectivity index is 2.01. The molecule has 0 saturated carbocycles. The average Bonchev–Trinajstić information content (AvgIpc) is 2.56. The Hall–Kier alpha value is -3.21. The average molecular weight is 292 g/mol. The van der Waals surface area contributed by atoms with Crippen molar-refractivity contribution in [2.24, 2.45) is 0 Å². The molecule has 3 rings (SSSR count). The highest BCUT2D eigenvalue weighted by Gasteiger charge is 2.11. The number of nitro groups is 1. The van der Waals surface area contributed by atoms with Gasteiger partial charge in [0.15, 0.2) is 0 Å². The van der Waals surface area contributed by atoms with E-state index in [1.807, 2.05) is 36.4 Å². The first-order chi connectivity index (χ1) is 10.7. The van der Waals surface area contributed by atoms with Crippen molar-refractivity contribution in [3.8, 4) is 22.8 Å². The summed E-state index contributed by atoms with van der Waals surface area (Å²) in [5.41, 5.74) is 1.54. The fraction of sp³-hybridized carbons (Fsp3) is 0. The lowest BCUT2D eigenvalue weighted by molar-refractivity contribution is -0.384. The maximum absolute atomic E-state index is 10.9. The summed E-state index contributed by atoms with van der Waals surface area (Å²) < 4.78 is 5.78. The van der Waals surface area contributed by atoms with E-state index in [0.717, 1.165) is 11.1 Å². The molecule has 5 nitrogen and oxygen atoms in total. The normalized spacial score (nSPS) is 10.2. The van der Waals surface area contributed by atoms with Crippen molar-refractivity contribution in [3.63, 3.8) is 0 Å². The number of pyridine rings is 1. The Morgan fingerprint density at radius 1 is 0.955 bits per heavy atom. The minimum Gasteiger partial charge on any atom is -0.438 e. The molecule has 2 aromatic carbocycles. The lowest BCUT2D eigenvalue weighted by Gasteiger charge is -2.10. The van der Waals surface area contributed by atoms with E-state index in [0.29, 0.717) is 11.6 Å². The molecule has 1 aromatic heterocycles. The topological polar surface area (TPSA) is 65.3 Å². The first kappa shape index (κ1) is 13.8. The second-order valence-electron chi connectivity index (χ2n) is 4.57. The highest BCUT2D eigenvalue weighted by atomic mass is 16.6. The van der Waals surface area contributed by atoms with Crippen LogP contribution in [0.15, 0.2) is 72.9 Å². The van der Waals surface area contributed by atoms with Crippen LogP contribution in [0.1, 0.15) is 0 Å². The van der Waals surface area contributed by atoms with Gasteiger partial charge in [-0.15, -0.1) is 0 Å². The van der Waals surface area contributed by atoms with Gasteiger partial charge in [-0.2, -0.15) is 0 Å². The molecule has 1 heterocycles. The van der Waals surface area contributed by atoms with Gasteiger partial charge in [0.25, 0.3) is 5.69 Å². The van der Waals surface area contributed by atoms with Crippen LogP contribution in [-0.2, 0) is 0 Å². The number of aromatic nitrogens is 1. The molecule has 0 radical (unpaired) electrons. The molecule has 5 heteroatoms. The number of rotatable bonds is 4. The van der Waals surface area contributed by atoms with Crippen molar-refractivity contribution >= 4 is 5.69 Å². The predicted molar refractivity (Wildman–Crippen MR) is 82.8 cm³/mol. The lowest BCUT2D eigenvalue weighted by Crippen LogP contribution is -1.91. The van der Waals surface area contributed by atoms with E-state index in [2.05, 4.69) is 4.98 Å². The van der Waals surface area contributed by atoms with E-state index >= 15 is 0 Å². The number of benzene rings is 2. The van der Waals surface area contributed by atoms with Crippen molar-refractivity contribution in [2.75, 3.05) is 0 Å². The smallest absolute Gasteiger partial charge is 0.270 e. The zero-order valence-electron chi connectivity index (χ0n) is 11.5. The van der Waals surface area contributed by atoms with Crippen LogP contribution in [0, 0.1) is 10.1 Å². The van der Waals surface area contributed by atoms with Crippen LogP contribution in [0.5, 0.6) is 11.6 Å². The fourth-order valence-corrected chi connectivity index (χ4v) is 2.10. The van der Waals surface area contributed by atoms with E-state index < -0.39 is 4.92 Å². The number of nitrogens with zero attached hydrogens (tertiary/aromatic N) is 2. The summed E-state index contributed by atoms with van der Waals surface area (Å²) in [6.45, 7) is 0. The maximum Gasteiger partial charge on any atom is 0.270 e. The summed E-state index contributed by atoms with van der Waals surface area (Å²) >= 11 is 0. The summed E-state index contributed by atoms with van der Waals surface area (Å²) in [6.07, 6.45) is 1.64. The van der Waals surface area contributed by atoms with Gasteiger partial charge in [0, 0.05) is 30.0 Å². The first-order valence-corrected chi connectivity index (χ1v) is 6.67. The molecule has 0 fully saturated rings. The summed E-state index contributed by atoms with van der Waals surface area (Å²) in [6, 6.07) is 19.2. The number of para-hydroxylation sites is 1. The largest absolute Gasteiger partial charge is 0.438 e. The SMILES string of the molecule is O=[N+]([O-])c1cccc(-c2ccccc2Oc2ccccn2)c1. The first-order valence-electron chi connectivity index (χ1n) is 6.67. The monoisotopic (exact) mass is 292 g/mol. The van der Waals surface area contributed by atoms with Crippen LogP contribution >= 0.6 is 0 Å². The van der Waals surface area contributed by atoms with Gasteiger partial charge < -0.3 is 4.74 Å². The molecule has 0 bridgehead atoms. The summed E-state index contributed by atoms with van der Waals surface area (Å²) in [4.78, 5) is 14.6. The van der Waals surface area contributed by atoms with Gasteiger partial charge in [0.1, 0.15) is 5.75 Å². The molecule has 0 amide bonds. The number of non-ortho nitro benzene ring substituents is 1. The quantitative estimate of drug-likeness (QED) is 0.526. The Morgan fingerprint density at radius 2 is 1.77 bits per heavy atom. The van der Waals surface area contributed by atoms with Gasteiger partial charge in [-0.25, -0.2) is 4.98 Å². The van der Waals surface area contributed by atoms with Gasteiger partial charge in [0.05, 0.1) is 4.92 Å². The summed E-state index contributed by atoms with van der Waals surface area (Å²) in [5.74, 6) is 1.07. The van der Waals surface area contributed by atoms with Crippen molar-refractivity contribution in [2.45, 2.75) is 0 Å². The molecule has 0 atom stereocenters. The molecule has 108 valence electrons. The van der Waals surface area contributed by atoms with E-state index in [1.165, 1.54) is 12.1 Å². The highest BCUT2D eigenvalue weighted by molar-refractivity contribution is 5.72. The Bertz CT molecular complexity index is 804. The number of hydrogen-bond acceptors (Lipinski definition) is 4. The minimum absolute atomic E-state index is 0.0464. The Morgan fingerprint density at radius 3 is 2.55 bits per heavy atom. The van der Waals surface area contributed by atoms with Crippen molar-refractivity contribution in [1.29, 1.82) is 0 Å². The molecule has 0 saturated heterocycles. The maximum atomic E-state index is 10.9. The zero-order valence-corrected chi connectivity index (χ0v) is 11.5. The van der Waals surface area contributed by atoms with E-state index in [-0.39, 0.29) is 5.69 Å². The second-order valence-corrected chi connectivity index (χ2v) is 4.57. The third-order valence-corrected chi connectivity index (χ3v) is 3.11. The molecular weight excluding hydrogens is 280 g/mol. The summed E-state index contributed by atoms with van der Waals surface area (Å²) in [5, 5.41) is 10.9. The van der Waals surface area contributed by atoms with Gasteiger partial charge in [0.2, 0.25) is 5.88 Å². The van der Waals surface area contributed by atoms with E-state index in [4.69, 9.17) is 4.74 Å². The van der Waals surface area contributed by atoms with Crippen molar-refractivity contribution in [3.05, 3.63) is 83.0 Å².